The molecule has 0 saturated carbocycles. The smallest absolute Gasteiger partial charge is 0.231 e. The molecule has 34 heavy (non-hydrogen) atoms. The highest BCUT2D eigenvalue weighted by molar-refractivity contribution is 6.18. The van der Waals surface area contributed by atoms with Crippen LogP contribution in [0.15, 0.2) is 64.6 Å². The average molecular weight is 462 g/mol. The first-order chi connectivity index (χ1) is 16.3. The number of anilines is 3. The Bertz CT molecular complexity index is 1390. The third-order valence-electron chi connectivity index (χ3n) is 5.80. The Labute approximate surface area is 194 Å². The third kappa shape index (κ3) is 3.40. The Hall–Kier alpha value is -4.14. The van der Waals surface area contributed by atoms with E-state index in [2.05, 4.69) is 30.9 Å². The molecule has 2 aliphatic heterocycles. The highest BCUT2D eigenvalue weighted by Crippen LogP contribution is 2.50. The van der Waals surface area contributed by atoms with Crippen LogP contribution in [0.5, 0.6) is 0 Å². The predicted octanol–water partition coefficient (Wildman–Crippen LogP) is 5.88. The summed E-state index contributed by atoms with van der Waals surface area (Å²) in [6, 6.07) is 16.1. The van der Waals surface area contributed by atoms with E-state index < -0.39 is 17.5 Å². The topological polar surface area (TPSA) is 73.7 Å². The van der Waals surface area contributed by atoms with Crippen molar-refractivity contribution < 1.29 is 13.2 Å². The molecule has 0 radical (unpaired) electrons. The number of hydrogen-bond acceptors (Lipinski definition) is 4. The van der Waals surface area contributed by atoms with Crippen molar-refractivity contribution in [3.05, 3.63) is 77.2 Å². The van der Waals surface area contributed by atoms with Gasteiger partial charge in [-0.2, -0.15) is 4.39 Å². The minimum atomic E-state index is -2.71. The van der Waals surface area contributed by atoms with E-state index in [1.54, 1.807) is 43.4 Å². The maximum absolute atomic E-state index is 16.1. The largest absolute Gasteiger partial charge is 0.338 e. The van der Waals surface area contributed by atoms with Crippen LogP contribution in [0.2, 0.25) is 0 Å². The lowest BCUT2D eigenvalue weighted by atomic mass is 9.83. The summed E-state index contributed by atoms with van der Waals surface area (Å²) < 4.78 is 47.0. The van der Waals surface area contributed by atoms with Gasteiger partial charge in [0.1, 0.15) is 5.69 Å². The molecule has 0 amide bonds. The molecule has 0 bridgehead atoms. The molecular formula is C25H21F3N6. The van der Waals surface area contributed by atoms with Crippen LogP contribution in [-0.2, 0) is 0 Å². The number of alkyl halides is 1. The summed E-state index contributed by atoms with van der Waals surface area (Å²) in [4.78, 5) is 12.2. The van der Waals surface area contributed by atoms with Crippen molar-refractivity contribution in [2.24, 2.45) is 9.98 Å². The van der Waals surface area contributed by atoms with E-state index in [4.69, 9.17) is 0 Å². The molecule has 0 fully saturated rings. The average Bonchev–Trinajstić information content (AvgIpc) is 2.83. The Kier molecular flexibility index (Phi) is 5.11. The maximum atomic E-state index is 16.1. The van der Waals surface area contributed by atoms with E-state index in [-0.39, 0.29) is 34.0 Å². The summed E-state index contributed by atoms with van der Waals surface area (Å²) in [5, 5.41) is 9.16. The van der Waals surface area contributed by atoms with Gasteiger partial charge < -0.3 is 16.0 Å². The van der Waals surface area contributed by atoms with Crippen molar-refractivity contribution in [1.29, 1.82) is 0 Å². The lowest BCUT2D eigenvalue weighted by molar-refractivity contribution is 0.341. The molecule has 0 spiro atoms. The number of pyridine rings is 1. The molecule has 2 aromatic carbocycles. The molecule has 3 aromatic rings. The van der Waals surface area contributed by atoms with E-state index in [1.807, 2.05) is 18.2 Å². The highest BCUT2D eigenvalue weighted by atomic mass is 19.2. The lowest BCUT2D eigenvalue weighted by Gasteiger charge is -2.33. The normalized spacial score (nSPS) is 22.3. The number of aromatic nitrogens is 1. The van der Waals surface area contributed by atoms with Gasteiger partial charge in [-0.25, -0.2) is 18.8 Å². The Morgan fingerprint density at radius 1 is 1.00 bits per heavy atom. The fourth-order valence-corrected chi connectivity index (χ4v) is 4.12. The third-order valence-corrected chi connectivity index (χ3v) is 5.80. The first-order valence-electron chi connectivity index (χ1n) is 10.6. The monoisotopic (exact) mass is 462 g/mol. The van der Waals surface area contributed by atoms with E-state index in [0.29, 0.717) is 22.9 Å². The fraction of sp³-hybridized carbons (Fsp3) is 0.160. The predicted molar refractivity (Wildman–Crippen MR) is 130 cm³/mol. The van der Waals surface area contributed by atoms with Crippen molar-refractivity contribution in [2.45, 2.75) is 19.5 Å². The summed E-state index contributed by atoms with van der Waals surface area (Å²) >= 11 is 0. The molecule has 2 aliphatic rings. The van der Waals surface area contributed by atoms with Gasteiger partial charge in [0.25, 0.3) is 0 Å². The standard InChI is InChI=1S/C25H21F3N6/c1-13-19(26)17-18(20-15-11-7-8-12-16(15)32-24(29-3)34-20)25(2,28)23(27)33-21(17)22(30-13)31-14-9-5-4-6-10-14/h4-12H,1-3H3,(H,30,31)(H2,29,32,34). The van der Waals surface area contributed by atoms with Crippen LogP contribution in [0.25, 0.3) is 11.3 Å². The van der Waals surface area contributed by atoms with Crippen LogP contribution in [0.3, 0.4) is 0 Å². The lowest BCUT2D eigenvalue weighted by Crippen LogP contribution is -2.39. The first kappa shape index (κ1) is 21.7. The first-order valence-corrected chi connectivity index (χ1v) is 10.6. The number of aryl methyl sites for hydroxylation is 1. The van der Waals surface area contributed by atoms with Crippen LogP contribution >= 0.6 is 0 Å². The number of para-hydroxylation sites is 2. The SMILES string of the molecule is CN=C1NC(=C2c3c(F)c(C)nc(Nc4ccccc4)c3N=C(F)C2(C)F)c2ccccc2N1. The zero-order chi connectivity index (χ0) is 24.0. The number of fused-ring (bicyclic) bond motifs is 2. The summed E-state index contributed by atoms with van der Waals surface area (Å²) in [5.74, 6) is -1.63. The zero-order valence-electron chi connectivity index (χ0n) is 18.7. The molecule has 0 aliphatic carbocycles. The van der Waals surface area contributed by atoms with Gasteiger partial charge in [0.15, 0.2) is 17.6 Å². The summed E-state index contributed by atoms with van der Waals surface area (Å²) in [7, 11) is 1.55. The highest BCUT2D eigenvalue weighted by Gasteiger charge is 2.46. The molecule has 1 atom stereocenters. The molecule has 6 nitrogen and oxygen atoms in total. The van der Waals surface area contributed by atoms with Gasteiger partial charge >= 0.3 is 0 Å². The minimum Gasteiger partial charge on any atom is -0.338 e. The van der Waals surface area contributed by atoms with Gasteiger partial charge in [-0.05, 0) is 32.0 Å². The zero-order valence-corrected chi connectivity index (χ0v) is 18.7. The Morgan fingerprint density at radius 2 is 1.71 bits per heavy atom. The number of guanidine groups is 1. The van der Waals surface area contributed by atoms with Crippen LogP contribution in [0.1, 0.15) is 23.7 Å². The number of nitrogens with zero attached hydrogens (tertiary/aromatic N) is 3. The molecule has 1 aromatic heterocycles. The van der Waals surface area contributed by atoms with E-state index in [9.17, 15) is 0 Å². The Morgan fingerprint density at radius 3 is 2.44 bits per heavy atom. The van der Waals surface area contributed by atoms with E-state index >= 15 is 13.2 Å². The summed E-state index contributed by atoms with van der Waals surface area (Å²) in [6.07, 6.45) is 0. The van der Waals surface area contributed by atoms with Crippen LogP contribution < -0.4 is 16.0 Å². The molecule has 9 heteroatoms. The second-order valence-corrected chi connectivity index (χ2v) is 8.10. The number of nitrogens with one attached hydrogen (secondary N) is 3. The van der Waals surface area contributed by atoms with E-state index in [0.717, 1.165) is 6.92 Å². The number of aliphatic imine (C=N–C) groups is 2. The van der Waals surface area contributed by atoms with Crippen molar-refractivity contribution in [1.82, 2.24) is 10.3 Å². The van der Waals surface area contributed by atoms with Crippen molar-refractivity contribution >= 4 is 46.1 Å². The molecule has 3 heterocycles. The summed E-state index contributed by atoms with van der Waals surface area (Å²) in [5.41, 5.74) is -1.17. The molecule has 5 rings (SSSR count). The van der Waals surface area contributed by atoms with Gasteiger partial charge in [-0.15, -0.1) is 0 Å². The maximum Gasteiger partial charge on any atom is 0.231 e. The molecule has 1 unspecified atom stereocenters. The number of rotatable bonds is 2. The van der Waals surface area contributed by atoms with Crippen molar-refractivity contribution in [2.75, 3.05) is 17.7 Å². The second-order valence-electron chi connectivity index (χ2n) is 8.10. The molecule has 0 saturated heterocycles. The van der Waals surface area contributed by atoms with Crippen LogP contribution in [-0.4, -0.2) is 29.6 Å². The molecule has 172 valence electrons. The van der Waals surface area contributed by atoms with Gasteiger partial charge in [-0.3, -0.25) is 4.99 Å². The number of hydrogen-bond donors (Lipinski definition) is 3. The summed E-state index contributed by atoms with van der Waals surface area (Å²) in [6.45, 7) is 2.51. The quantitative estimate of drug-likeness (QED) is 0.445. The van der Waals surface area contributed by atoms with E-state index in [1.165, 1.54) is 6.92 Å². The second kappa shape index (κ2) is 8.02. The van der Waals surface area contributed by atoms with Crippen LogP contribution in [0, 0.1) is 12.7 Å². The molecule has 3 N–H and O–H groups in total. The van der Waals surface area contributed by atoms with Crippen molar-refractivity contribution in [3.63, 3.8) is 0 Å². The minimum absolute atomic E-state index is 0.0233. The van der Waals surface area contributed by atoms with Crippen LogP contribution in [0.4, 0.5) is 36.1 Å². The number of benzene rings is 2. The van der Waals surface area contributed by atoms with Gasteiger partial charge in [0.2, 0.25) is 11.6 Å². The van der Waals surface area contributed by atoms with Gasteiger partial charge in [0, 0.05) is 23.9 Å². The number of allylic oxidation sites excluding steroid dienone is 1. The Balaban J connectivity index is 1.85. The van der Waals surface area contributed by atoms with Gasteiger partial charge in [0.05, 0.1) is 22.6 Å². The molecular weight excluding hydrogens is 441 g/mol. The van der Waals surface area contributed by atoms with Crippen molar-refractivity contribution in [3.8, 4) is 0 Å². The van der Waals surface area contributed by atoms with Gasteiger partial charge in [-0.1, -0.05) is 36.4 Å². The number of halogens is 3. The fourth-order valence-electron chi connectivity index (χ4n) is 4.12.